The molecule has 1 rings (SSSR count). The average Bonchev–Trinajstić information content (AvgIpc) is 2.05. The maximum absolute atomic E-state index is 12.3. The van der Waals surface area contributed by atoms with E-state index < -0.39 is 5.08 Å². The highest BCUT2D eigenvalue weighted by atomic mass is 79.9. The molecule has 0 bridgehead atoms. The topological polar surface area (TPSA) is 17.1 Å². The number of ketones is 1. The predicted octanol–water partition coefficient (Wildman–Crippen LogP) is 2.95. The van der Waals surface area contributed by atoms with Gasteiger partial charge in [0, 0.05) is 5.56 Å². The zero-order valence-electron chi connectivity index (χ0n) is 6.34. The second kappa shape index (κ2) is 4.36. The lowest BCUT2D eigenvalue weighted by Crippen LogP contribution is -2.03. The van der Waals surface area contributed by atoms with Gasteiger partial charge in [0.15, 0.2) is 10.9 Å². The number of Topliss-reactive ketones (excluding diaryl/α,β-unsaturated/α-hetero) is 1. The van der Waals surface area contributed by atoms with Crippen molar-refractivity contribution in [2.24, 2.45) is 0 Å². The molecule has 0 radical (unpaired) electrons. The summed E-state index contributed by atoms with van der Waals surface area (Å²) in [5, 5.41) is -1.25. The Bertz CT molecular complexity index is 258. The summed E-state index contributed by atoms with van der Waals surface area (Å²) in [5.41, 5.74) is 0.555. The molecule has 0 aliphatic rings. The van der Waals surface area contributed by atoms with Crippen molar-refractivity contribution in [1.82, 2.24) is 0 Å². The van der Waals surface area contributed by atoms with E-state index >= 15 is 0 Å². The van der Waals surface area contributed by atoms with Crippen molar-refractivity contribution in [3.05, 3.63) is 35.9 Å². The molecule has 3 heteroatoms. The quantitative estimate of drug-likeness (QED) is 0.577. The fourth-order valence-electron chi connectivity index (χ4n) is 0.882. The fourth-order valence-corrected chi connectivity index (χ4v) is 1.18. The minimum atomic E-state index is -1.25. The molecule has 0 aliphatic heterocycles. The first-order valence-corrected chi connectivity index (χ1v) is 4.48. The molecule has 12 heavy (non-hydrogen) atoms. The molecule has 1 aromatic carbocycles. The van der Waals surface area contributed by atoms with Crippen LogP contribution >= 0.6 is 15.9 Å². The van der Waals surface area contributed by atoms with Crippen molar-refractivity contribution in [3.8, 4) is 0 Å². The first-order chi connectivity index (χ1) is 5.70. The van der Waals surface area contributed by atoms with Gasteiger partial charge in [0.05, 0.1) is 6.42 Å². The molecule has 0 aliphatic carbocycles. The second-order valence-corrected chi connectivity index (χ2v) is 3.38. The van der Waals surface area contributed by atoms with Crippen LogP contribution in [0.2, 0.25) is 0 Å². The van der Waals surface area contributed by atoms with Crippen LogP contribution in [0.15, 0.2) is 30.3 Å². The third-order valence-electron chi connectivity index (χ3n) is 1.44. The molecule has 1 atom stereocenters. The summed E-state index contributed by atoms with van der Waals surface area (Å²) in [5.74, 6) is -0.181. The van der Waals surface area contributed by atoms with Gasteiger partial charge in [0.25, 0.3) is 0 Å². The summed E-state index contributed by atoms with van der Waals surface area (Å²) in [6, 6.07) is 8.69. The van der Waals surface area contributed by atoms with Gasteiger partial charge in [0.1, 0.15) is 0 Å². The molecule has 0 spiro atoms. The highest BCUT2D eigenvalue weighted by Gasteiger charge is 2.10. The van der Waals surface area contributed by atoms with E-state index in [-0.39, 0.29) is 12.2 Å². The van der Waals surface area contributed by atoms with E-state index in [2.05, 4.69) is 15.9 Å². The molecule has 0 heterocycles. The highest BCUT2D eigenvalue weighted by molar-refractivity contribution is 9.09. The van der Waals surface area contributed by atoms with E-state index in [0.29, 0.717) is 5.56 Å². The molecular weight excluding hydrogens is 223 g/mol. The lowest BCUT2D eigenvalue weighted by Gasteiger charge is -1.99. The van der Waals surface area contributed by atoms with Crippen molar-refractivity contribution in [2.75, 3.05) is 0 Å². The van der Waals surface area contributed by atoms with Gasteiger partial charge in [-0.15, -0.1) is 0 Å². The van der Waals surface area contributed by atoms with Crippen LogP contribution in [0.1, 0.15) is 16.8 Å². The number of carbonyl (C=O) groups is 1. The van der Waals surface area contributed by atoms with E-state index in [1.165, 1.54) is 0 Å². The molecule has 0 aromatic heterocycles. The normalized spacial score (nSPS) is 12.5. The number of halogens is 2. The number of hydrogen-bond donors (Lipinski definition) is 0. The van der Waals surface area contributed by atoms with Crippen molar-refractivity contribution < 1.29 is 9.18 Å². The standard InChI is InChI=1S/C9H8BrFO/c10-9(11)6-8(12)7-4-2-1-3-5-7/h1-5,9H,6H2. The first-order valence-electron chi connectivity index (χ1n) is 3.56. The summed E-state index contributed by atoms with van der Waals surface area (Å²) in [4.78, 5) is 11.2. The van der Waals surface area contributed by atoms with E-state index in [1.807, 2.05) is 6.07 Å². The van der Waals surface area contributed by atoms with E-state index in [0.717, 1.165) is 0 Å². The molecule has 0 N–H and O–H groups in total. The van der Waals surface area contributed by atoms with Gasteiger partial charge in [-0.2, -0.15) is 0 Å². The Kier molecular flexibility index (Phi) is 3.41. The summed E-state index contributed by atoms with van der Waals surface area (Å²) in [7, 11) is 0. The van der Waals surface area contributed by atoms with Crippen molar-refractivity contribution >= 4 is 21.7 Å². The average molecular weight is 231 g/mol. The van der Waals surface area contributed by atoms with Crippen LogP contribution in [0, 0.1) is 0 Å². The van der Waals surface area contributed by atoms with Crippen LogP contribution < -0.4 is 0 Å². The second-order valence-electron chi connectivity index (χ2n) is 2.38. The van der Waals surface area contributed by atoms with Crippen LogP contribution in [-0.4, -0.2) is 10.9 Å². The van der Waals surface area contributed by atoms with Gasteiger partial charge in [-0.1, -0.05) is 46.3 Å². The molecule has 1 aromatic rings. The minimum Gasteiger partial charge on any atom is -0.294 e. The summed E-state index contributed by atoms with van der Waals surface area (Å²) in [6.07, 6.45) is -0.107. The summed E-state index contributed by atoms with van der Waals surface area (Å²) >= 11 is 2.68. The molecule has 1 unspecified atom stereocenters. The van der Waals surface area contributed by atoms with Crippen LogP contribution in [0.25, 0.3) is 0 Å². The Balaban J connectivity index is 2.66. The van der Waals surface area contributed by atoms with Crippen molar-refractivity contribution in [3.63, 3.8) is 0 Å². The number of benzene rings is 1. The summed E-state index contributed by atoms with van der Waals surface area (Å²) < 4.78 is 12.3. The fraction of sp³-hybridized carbons (Fsp3) is 0.222. The lowest BCUT2D eigenvalue weighted by molar-refractivity contribution is 0.0969. The smallest absolute Gasteiger partial charge is 0.166 e. The molecule has 0 amide bonds. The minimum absolute atomic E-state index is 0.107. The highest BCUT2D eigenvalue weighted by Crippen LogP contribution is 2.11. The largest absolute Gasteiger partial charge is 0.294 e. The monoisotopic (exact) mass is 230 g/mol. The molecule has 0 fully saturated rings. The predicted molar refractivity (Wildman–Crippen MR) is 49.2 cm³/mol. The van der Waals surface area contributed by atoms with Gasteiger partial charge in [-0.25, -0.2) is 4.39 Å². The molecule has 0 saturated carbocycles. The van der Waals surface area contributed by atoms with E-state index in [9.17, 15) is 9.18 Å². The number of alkyl halides is 2. The van der Waals surface area contributed by atoms with Gasteiger partial charge < -0.3 is 0 Å². The summed E-state index contributed by atoms with van der Waals surface area (Å²) in [6.45, 7) is 0. The third-order valence-corrected chi connectivity index (χ3v) is 1.76. The zero-order valence-corrected chi connectivity index (χ0v) is 7.92. The van der Waals surface area contributed by atoms with Crippen LogP contribution in [0.3, 0.4) is 0 Å². The third kappa shape index (κ3) is 2.74. The van der Waals surface area contributed by atoms with Gasteiger partial charge >= 0.3 is 0 Å². The van der Waals surface area contributed by atoms with Crippen LogP contribution in [0.4, 0.5) is 4.39 Å². The Labute approximate surface area is 78.7 Å². The lowest BCUT2D eigenvalue weighted by atomic mass is 10.1. The van der Waals surface area contributed by atoms with Gasteiger partial charge in [-0.3, -0.25) is 4.79 Å². The van der Waals surface area contributed by atoms with Crippen molar-refractivity contribution in [1.29, 1.82) is 0 Å². The molecule has 0 saturated heterocycles. The molecule has 1 nitrogen and oxygen atoms in total. The van der Waals surface area contributed by atoms with Gasteiger partial charge in [-0.05, 0) is 0 Å². The molecule has 64 valence electrons. The Hall–Kier alpha value is -0.700. The SMILES string of the molecule is O=C(CC(F)Br)c1ccccc1. The maximum Gasteiger partial charge on any atom is 0.166 e. The van der Waals surface area contributed by atoms with Crippen LogP contribution in [0.5, 0.6) is 0 Å². The maximum atomic E-state index is 12.3. The Morgan fingerprint density at radius 1 is 1.42 bits per heavy atom. The zero-order chi connectivity index (χ0) is 8.97. The number of hydrogen-bond acceptors (Lipinski definition) is 1. The Morgan fingerprint density at radius 3 is 2.50 bits per heavy atom. The number of carbonyl (C=O) groups excluding carboxylic acids is 1. The van der Waals surface area contributed by atoms with E-state index in [4.69, 9.17) is 0 Å². The van der Waals surface area contributed by atoms with Crippen LogP contribution in [-0.2, 0) is 0 Å². The number of rotatable bonds is 3. The van der Waals surface area contributed by atoms with Crippen molar-refractivity contribution in [2.45, 2.75) is 11.5 Å². The first kappa shape index (κ1) is 9.39. The Morgan fingerprint density at radius 2 is 2.00 bits per heavy atom. The van der Waals surface area contributed by atoms with E-state index in [1.54, 1.807) is 24.3 Å². The molecular formula is C9H8BrFO. The van der Waals surface area contributed by atoms with Gasteiger partial charge in [0.2, 0.25) is 0 Å².